The van der Waals surface area contributed by atoms with E-state index in [0.717, 1.165) is 56.4 Å². The Kier molecular flexibility index (Phi) is 14.9. The summed E-state index contributed by atoms with van der Waals surface area (Å²) in [4.78, 5) is 0. The van der Waals surface area contributed by atoms with Gasteiger partial charge in [0.15, 0.2) is 0 Å². The van der Waals surface area contributed by atoms with Crippen LogP contribution < -0.4 is 9.47 Å². The number of ether oxygens (including phenoxy) is 5. The maximum atomic E-state index is 6.65. The van der Waals surface area contributed by atoms with Crippen molar-refractivity contribution in [3.8, 4) is 11.5 Å². The molecule has 0 heterocycles. The number of hydrogen-bond acceptors (Lipinski definition) is 5. The van der Waals surface area contributed by atoms with Gasteiger partial charge in [-0.1, -0.05) is 65.8 Å². The fourth-order valence-electron chi connectivity index (χ4n) is 6.51. The van der Waals surface area contributed by atoms with Crippen LogP contribution in [0.4, 0.5) is 0 Å². The van der Waals surface area contributed by atoms with Crippen molar-refractivity contribution in [1.82, 2.24) is 0 Å². The monoisotopic (exact) mass is 655 g/mol. The number of benzene rings is 2. The molecule has 0 radical (unpaired) electrons. The van der Waals surface area contributed by atoms with Gasteiger partial charge >= 0.3 is 0 Å². The van der Waals surface area contributed by atoms with Crippen LogP contribution in [-0.2, 0) is 19.6 Å². The smallest absolute Gasteiger partial charge is 0.120 e. The molecule has 0 amide bonds. The molecule has 0 aromatic heterocycles. The van der Waals surface area contributed by atoms with Gasteiger partial charge in [-0.25, -0.2) is 0 Å². The molecule has 6 atom stereocenters. The Hall–Kier alpha value is -2.08. The normalized spacial score (nSPS) is 18.4. The van der Waals surface area contributed by atoms with Gasteiger partial charge in [-0.15, -0.1) is 0 Å². The molecule has 0 saturated carbocycles. The van der Waals surface area contributed by atoms with Crippen LogP contribution in [0, 0.1) is 0 Å². The van der Waals surface area contributed by atoms with Crippen LogP contribution in [0.2, 0.25) is 0 Å². The highest BCUT2D eigenvalue weighted by Crippen LogP contribution is 2.36. The summed E-state index contributed by atoms with van der Waals surface area (Å²) in [6.07, 6.45) is 6.55. The van der Waals surface area contributed by atoms with Crippen molar-refractivity contribution in [3.05, 3.63) is 59.7 Å². The zero-order valence-electron chi connectivity index (χ0n) is 32.8. The number of hydrogen-bond donors (Lipinski definition) is 0. The first-order valence-corrected chi connectivity index (χ1v) is 18.2. The first-order valence-electron chi connectivity index (χ1n) is 18.2. The summed E-state index contributed by atoms with van der Waals surface area (Å²) >= 11 is 0. The molecule has 0 N–H and O–H groups in total. The van der Waals surface area contributed by atoms with E-state index in [1.807, 2.05) is 0 Å². The average molecular weight is 655 g/mol. The van der Waals surface area contributed by atoms with Crippen molar-refractivity contribution in [2.45, 2.75) is 188 Å². The van der Waals surface area contributed by atoms with Crippen molar-refractivity contribution in [2.75, 3.05) is 7.11 Å². The first-order chi connectivity index (χ1) is 21.8. The highest BCUT2D eigenvalue weighted by Gasteiger charge is 2.34. The first kappa shape index (κ1) is 41.1. The second-order valence-electron chi connectivity index (χ2n) is 15.9. The lowest BCUT2D eigenvalue weighted by Crippen LogP contribution is -2.41. The predicted octanol–water partition coefficient (Wildman–Crippen LogP) is 11.5. The van der Waals surface area contributed by atoms with E-state index in [1.165, 1.54) is 11.1 Å². The second kappa shape index (κ2) is 17.0. The Morgan fingerprint density at radius 3 is 1.19 bits per heavy atom. The van der Waals surface area contributed by atoms with Crippen LogP contribution in [0.15, 0.2) is 48.5 Å². The molecular formula is C42H70O5. The minimum Gasteiger partial charge on any atom is -0.487 e. The van der Waals surface area contributed by atoms with Crippen LogP contribution in [0.5, 0.6) is 11.5 Å². The molecule has 2 aromatic rings. The van der Waals surface area contributed by atoms with Crippen molar-refractivity contribution >= 4 is 0 Å². The molecule has 0 aliphatic heterocycles. The van der Waals surface area contributed by atoms with Gasteiger partial charge in [0.2, 0.25) is 0 Å². The molecule has 0 aliphatic carbocycles. The molecular weight excluding hydrogens is 584 g/mol. The number of methoxy groups -OCH3 is 1. The molecule has 0 spiro atoms. The third-order valence-corrected chi connectivity index (χ3v) is 10.5. The van der Waals surface area contributed by atoms with E-state index >= 15 is 0 Å². The van der Waals surface area contributed by atoms with Gasteiger partial charge in [-0.2, -0.15) is 0 Å². The van der Waals surface area contributed by atoms with E-state index < -0.39 is 0 Å². The van der Waals surface area contributed by atoms with Crippen molar-refractivity contribution in [1.29, 1.82) is 0 Å². The minimum atomic E-state index is -0.336. The molecule has 6 unspecified atom stereocenters. The molecule has 268 valence electrons. The summed E-state index contributed by atoms with van der Waals surface area (Å²) in [5, 5.41) is 0. The second-order valence-corrected chi connectivity index (χ2v) is 15.9. The Bertz CT molecular complexity index is 1190. The van der Waals surface area contributed by atoms with Gasteiger partial charge in [-0.05, 0) is 116 Å². The Labute approximate surface area is 289 Å². The third-order valence-electron chi connectivity index (χ3n) is 10.5. The van der Waals surface area contributed by atoms with Gasteiger partial charge < -0.3 is 23.7 Å². The van der Waals surface area contributed by atoms with Crippen molar-refractivity contribution in [2.24, 2.45) is 0 Å². The largest absolute Gasteiger partial charge is 0.487 e. The highest BCUT2D eigenvalue weighted by molar-refractivity contribution is 5.42. The summed E-state index contributed by atoms with van der Waals surface area (Å²) < 4.78 is 31.7. The van der Waals surface area contributed by atoms with E-state index in [9.17, 15) is 0 Å². The average Bonchev–Trinajstić information content (AvgIpc) is 3.00. The number of rotatable bonds is 21. The van der Waals surface area contributed by atoms with Crippen LogP contribution in [0.25, 0.3) is 0 Å². The fraction of sp³-hybridized carbons (Fsp3) is 0.714. The molecule has 2 rings (SSSR count). The lowest BCUT2D eigenvalue weighted by Gasteiger charge is -2.38. The van der Waals surface area contributed by atoms with Gasteiger partial charge in [0, 0.05) is 31.8 Å². The van der Waals surface area contributed by atoms with Crippen LogP contribution in [0.3, 0.4) is 0 Å². The van der Waals surface area contributed by atoms with E-state index in [1.54, 1.807) is 7.11 Å². The molecule has 47 heavy (non-hydrogen) atoms. The Balaban J connectivity index is 2.10. The lowest BCUT2D eigenvalue weighted by molar-refractivity contribution is -0.120. The Morgan fingerprint density at radius 1 is 0.489 bits per heavy atom. The molecule has 0 fully saturated rings. The van der Waals surface area contributed by atoms with E-state index in [-0.39, 0.29) is 46.1 Å². The van der Waals surface area contributed by atoms with Crippen LogP contribution >= 0.6 is 0 Å². The molecule has 5 heteroatoms. The topological polar surface area (TPSA) is 46.2 Å². The summed E-state index contributed by atoms with van der Waals surface area (Å²) in [5.41, 5.74) is 1.30. The van der Waals surface area contributed by atoms with Crippen molar-refractivity contribution in [3.63, 3.8) is 0 Å². The summed E-state index contributed by atoms with van der Waals surface area (Å²) in [6.45, 7) is 30.6. The van der Waals surface area contributed by atoms with E-state index in [2.05, 4.69) is 145 Å². The van der Waals surface area contributed by atoms with E-state index in [4.69, 9.17) is 23.7 Å². The molecule has 5 nitrogen and oxygen atoms in total. The molecule has 0 bridgehead atoms. The van der Waals surface area contributed by atoms with Crippen LogP contribution in [0.1, 0.15) is 153 Å². The predicted molar refractivity (Wildman–Crippen MR) is 198 cm³/mol. The standard InChI is InChI=1S/C42H70O5/c1-16-38(8,9)44-32(6)29-41(13,18-3)46-36-24-20-34(21-25-36)39(10,11)35-22-26-37(27-23-35)47-42(14,19-4)30-33(7)45-40(12,17-2)28-31(5)43-15/h20-27,31-33H,16-19,28-30H2,1-15H3. The third kappa shape index (κ3) is 12.4. The van der Waals surface area contributed by atoms with Gasteiger partial charge in [0.05, 0.1) is 29.5 Å². The zero-order chi connectivity index (χ0) is 35.7. The van der Waals surface area contributed by atoms with Gasteiger partial charge in [0.1, 0.15) is 22.7 Å². The summed E-state index contributed by atoms with van der Waals surface area (Å²) in [5.74, 6) is 1.78. The minimum absolute atomic E-state index is 0.0549. The van der Waals surface area contributed by atoms with Crippen molar-refractivity contribution < 1.29 is 23.7 Å². The molecule has 0 saturated heterocycles. The Morgan fingerprint density at radius 2 is 0.851 bits per heavy atom. The molecule has 2 aromatic carbocycles. The maximum absolute atomic E-state index is 6.65. The zero-order valence-corrected chi connectivity index (χ0v) is 32.8. The van der Waals surface area contributed by atoms with E-state index in [0.29, 0.717) is 0 Å². The van der Waals surface area contributed by atoms with Gasteiger partial charge in [-0.3, -0.25) is 0 Å². The SMILES string of the molecule is CCC(C)(C)OC(C)CC(C)(CC)Oc1ccc(C(C)(C)c2ccc(OC(C)(CC)CC(C)OC(C)(CC)CC(C)OC)cc2)cc1. The summed E-state index contributed by atoms with van der Waals surface area (Å²) in [6, 6.07) is 17.2. The highest BCUT2D eigenvalue weighted by atomic mass is 16.5. The molecule has 0 aliphatic rings. The summed E-state index contributed by atoms with van der Waals surface area (Å²) in [7, 11) is 1.76. The quantitative estimate of drug-likeness (QED) is 0.134. The fourth-order valence-corrected chi connectivity index (χ4v) is 6.51. The van der Waals surface area contributed by atoms with Crippen LogP contribution in [-0.4, -0.2) is 47.8 Å². The maximum Gasteiger partial charge on any atom is 0.120 e. The van der Waals surface area contributed by atoms with Gasteiger partial charge in [0.25, 0.3) is 0 Å². The lowest BCUT2D eigenvalue weighted by atomic mass is 9.78.